The summed E-state index contributed by atoms with van der Waals surface area (Å²) in [5.41, 5.74) is 3.79. The molecule has 144 valence electrons. The number of benzene rings is 2. The van der Waals surface area contributed by atoms with Crippen molar-refractivity contribution in [3.63, 3.8) is 0 Å². The van der Waals surface area contributed by atoms with Crippen LogP contribution in [0.3, 0.4) is 0 Å². The molecule has 0 heterocycles. The summed E-state index contributed by atoms with van der Waals surface area (Å²) in [5, 5.41) is 3.33. The fourth-order valence-electron chi connectivity index (χ4n) is 2.37. The van der Waals surface area contributed by atoms with Gasteiger partial charge in [0, 0.05) is 25.5 Å². The van der Waals surface area contributed by atoms with E-state index in [0.717, 1.165) is 5.69 Å². The third-order valence-electron chi connectivity index (χ3n) is 3.80. The molecule has 0 saturated heterocycles. The minimum atomic E-state index is -2.59. The van der Waals surface area contributed by atoms with Crippen molar-refractivity contribution in [2.45, 2.75) is 34.6 Å². The summed E-state index contributed by atoms with van der Waals surface area (Å²) in [4.78, 5) is 0. The van der Waals surface area contributed by atoms with Gasteiger partial charge in [-0.25, -0.2) is 0 Å². The van der Waals surface area contributed by atoms with E-state index in [9.17, 15) is 0 Å². The van der Waals surface area contributed by atoms with Crippen LogP contribution in [0.15, 0.2) is 54.6 Å². The first kappa shape index (κ1) is 22.4. The zero-order valence-corrected chi connectivity index (χ0v) is 17.7. The Hall–Kier alpha value is -1.66. The maximum Gasteiger partial charge on any atom is 0.521 e. The predicted molar refractivity (Wildman–Crippen MR) is 111 cm³/mol. The minimum Gasteiger partial charge on any atom is -0.381 e. The van der Waals surface area contributed by atoms with Crippen LogP contribution in [0.1, 0.15) is 31.9 Å². The van der Waals surface area contributed by atoms with E-state index >= 15 is 0 Å². The molecule has 5 heteroatoms. The van der Waals surface area contributed by atoms with Crippen molar-refractivity contribution in [2.75, 3.05) is 31.3 Å². The van der Waals surface area contributed by atoms with Crippen LogP contribution < -0.4 is 5.32 Å². The molecule has 0 radical (unpaired) electrons. The number of hydrogen-bond acceptors (Lipinski definition) is 4. The SMILES string of the molecule is CCO[Si](CNc1ccccc1)(OCC)OCC.Cc1ccccc1C. The van der Waals surface area contributed by atoms with Crippen LogP contribution in [0.2, 0.25) is 0 Å². The molecule has 0 fully saturated rings. The van der Waals surface area contributed by atoms with Crippen molar-refractivity contribution in [3.8, 4) is 0 Å². The molecule has 0 aliphatic heterocycles. The lowest BCUT2D eigenvalue weighted by Gasteiger charge is -2.28. The van der Waals surface area contributed by atoms with Crippen LogP contribution in [0.25, 0.3) is 0 Å². The number of para-hydroxylation sites is 1. The molecule has 0 atom stereocenters. The normalized spacial score (nSPS) is 10.8. The Balaban J connectivity index is 0.000000350. The molecule has 0 spiro atoms. The smallest absolute Gasteiger partial charge is 0.381 e. The first-order valence-corrected chi connectivity index (χ1v) is 11.2. The molecule has 0 aliphatic carbocycles. The van der Waals surface area contributed by atoms with Crippen molar-refractivity contribution in [3.05, 3.63) is 65.7 Å². The fraction of sp³-hybridized carbons (Fsp3) is 0.429. The van der Waals surface area contributed by atoms with E-state index in [0.29, 0.717) is 26.0 Å². The van der Waals surface area contributed by atoms with Gasteiger partial charge in [0.15, 0.2) is 0 Å². The Kier molecular flexibility index (Phi) is 10.9. The number of nitrogens with one attached hydrogen (secondary N) is 1. The lowest BCUT2D eigenvalue weighted by molar-refractivity contribution is 0.0740. The van der Waals surface area contributed by atoms with Crippen LogP contribution in [0.4, 0.5) is 5.69 Å². The van der Waals surface area contributed by atoms with Gasteiger partial charge in [0.1, 0.15) is 0 Å². The minimum absolute atomic E-state index is 0.590. The quantitative estimate of drug-likeness (QED) is 0.627. The summed E-state index contributed by atoms with van der Waals surface area (Å²) in [6.07, 6.45) is 0.590. The lowest BCUT2D eigenvalue weighted by atomic mass is 10.1. The molecule has 2 rings (SSSR count). The number of anilines is 1. The van der Waals surface area contributed by atoms with Gasteiger partial charge >= 0.3 is 8.80 Å². The van der Waals surface area contributed by atoms with Gasteiger partial charge in [-0.3, -0.25) is 0 Å². The van der Waals surface area contributed by atoms with Crippen LogP contribution >= 0.6 is 0 Å². The highest BCUT2D eigenvalue weighted by molar-refractivity contribution is 6.61. The predicted octanol–water partition coefficient (Wildman–Crippen LogP) is 4.99. The fourth-order valence-corrected chi connectivity index (χ4v) is 4.66. The molecule has 0 aliphatic rings. The van der Waals surface area contributed by atoms with Crippen molar-refractivity contribution >= 4 is 14.5 Å². The van der Waals surface area contributed by atoms with Crippen LogP contribution in [0.5, 0.6) is 0 Å². The van der Waals surface area contributed by atoms with E-state index in [1.807, 2.05) is 51.1 Å². The number of hydrogen-bond donors (Lipinski definition) is 1. The summed E-state index contributed by atoms with van der Waals surface area (Å²) in [7, 11) is -2.59. The molecule has 0 unspecified atom stereocenters. The summed E-state index contributed by atoms with van der Waals surface area (Å²) in [6.45, 7) is 11.9. The maximum absolute atomic E-state index is 5.76. The standard InChI is InChI=1S/C13H23NO3Si.C8H10/c1-4-15-18(16-5-2,17-6-3)12-14-13-10-8-7-9-11-13;1-7-5-3-4-6-8(7)2/h7-11,14H,4-6,12H2,1-3H3;3-6H,1-2H3. The molecule has 0 aromatic heterocycles. The van der Waals surface area contributed by atoms with Gasteiger partial charge in [-0.05, 0) is 57.9 Å². The highest BCUT2D eigenvalue weighted by Crippen LogP contribution is 2.13. The van der Waals surface area contributed by atoms with Crippen molar-refractivity contribution in [2.24, 2.45) is 0 Å². The zero-order valence-electron chi connectivity index (χ0n) is 16.7. The number of rotatable bonds is 9. The summed E-state index contributed by atoms with van der Waals surface area (Å²) >= 11 is 0. The average Bonchev–Trinajstić information content (AvgIpc) is 2.65. The summed E-state index contributed by atoms with van der Waals surface area (Å²) in [6, 6.07) is 18.4. The molecule has 2 aromatic rings. The highest BCUT2D eigenvalue weighted by Gasteiger charge is 2.40. The van der Waals surface area contributed by atoms with Gasteiger partial charge < -0.3 is 18.6 Å². The van der Waals surface area contributed by atoms with Crippen molar-refractivity contribution in [1.82, 2.24) is 0 Å². The maximum atomic E-state index is 5.76. The Labute approximate surface area is 159 Å². The Morgan fingerprint density at radius 3 is 1.50 bits per heavy atom. The first-order valence-electron chi connectivity index (χ1n) is 9.29. The lowest BCUT2D eigenvalue weighted by Crippen LogP contribution is -2.52. The van der Waals surface area contributed by atoms with E-state index in [1.54, 1.807) is 0 Å². The van der Waals surface area contributed by atoms with E-state index in [4.69, 9.17) is 13.3 Å². The Morgan fingerprint density at radius 1 is 0.692 bits per heavy atom. The van der Waals surface area contributed by atoms with Gasteiger partial charge in [0.05, 0.1) is 6.17 Å². The third kappa shape index (κ3) is 8.14. The molecule has 2 aromatic carbocycles. The van der Waals surface area contributed by atoms with Gasteiger partial charge in [0.2, 0.25) is 0 Å². The second kappa shape index (κ2) is 12.7. The van der Waals surface area contributed by atoms with Gasteiger partial charge in [-0.2, -0.15) is 0 Å². The monoisotopic (exact) mass is 375 g/mol. The van der Waals surface area contributed by atoms with Gasteiger partial charge in [-0.1, -0.05) is 42.5 Å². The topological polar surface area (TPSA) is 39.7 Å². The average molecular weight is 376 g/mol. The zero-order chi connectivity index (χ0) is 19.3. The van der Waals surface area contributed by atoms with Gasteiger partial charge in [-0.15, -0.1) is 0 Å². The molecular formula is C21H33NO3Si. The van der Waals surface area contributed by atoms with Crippen LogP contribution in [-0.2, 0) is 13.3 Å². The van der Waals surface area contributed by atoms with E-state index in [-0.39, 0.29) is 0 Å². The van der Waals surface area contributed by atoms with Crippen molar-refractivity contribution < 1.29 is 13.3 Å². The van der Waals surface area contributed by atoms with E-state index in [1.165, 1.54) is 11.1 Å². The Bertz CT molecular complexity index is 569. The Morgan fingerprint density at radius 2 is 1.12 bits per heavy atom. The summed E-state index contributed by atoms with van der Waals surface area (Å²) in [5.74, 6) is 0. The second-order valence-electron chi connectivity index (χ2n) is 5.79. The van der Waals surface area contributed by atoms with Crippen molar-refractivity contribution in [1.29, 1.82) is 0 Å². The van der Waals surface area contributed by atoms with E-state index in [2.05, 4.69) is 43.4 Å². The second-order valence-corrected chi connectivity index (χ2v) is 8.37. The molecule has 26 heavy (non-hydrogen) atoms. The van der Waals surface area contributed by atoms with Crippen LogP contribution in [0, 0.1) is 13.8 Å². The highest BCUT2D eigenvalue weighted by atomic mass is 28.4. The van der Waals surface area contributed by atoms with Crippen LogP contribution in [-0.4, -0.2) is 34.8 Å². The van der Waals surface area contributed by atoms with E-state index < -0.39 is 8.80 Å². The molecule has 0 bridgehead atoms. The molecule has 0 saturated carbocycles. The third-order valence-corrected chi connectivity index (χ3v) is 6.60. The summed E-state index contributed by atoms with van der Waals surface area (Å²) < 4.78 is 17.3. The number of aryl methyl sites for hydroxylation is 2. The first-order chi connectivity index (χ1) is 12.6. The molecular weight excluding hydrogens is 342 g/mol. The largest absolute Gasteiger partial charge is 0.521 e. The van der Waals surface area contributed by atoms with Gasteiger partial charge in [0.25, 0.3) is 0 Å². The molecule has 1 N–H and O–H groups in total. The molecule has 0 amide bonds. The molecule has 4 nitrogen and oxygen atoms in total.